The molecule has 0 atom stereocenters. The molecule has 6 heteroatoms. The van der Waals surface area contributed by atoms with Gasteiger partial charge in [-0.15, -0.1) is 0 Å². The standard InChI is InChI=1S/C9H6N2O4/c12-8(7-2-1-5-15-7)11-4-3-6(10-11)9(13)14/h1-5H,(H,13,14). The maximum absolute atomic E-state index is 11.6. The third kappa shape index (κ3) is 1.64. The average Bonchev–Trinajstić information content (AvgIpc) is 2.88. The van der Waals surface area contributed by atoms with E-state index in [0.29, 0.717) is 0 Å². The molecule has 0 unspecified atom stereocenters. The number of carboxylic acids is 1. The van der Waals surface area contributed by atoms with E-state index in [2.05, 4.69) is 5.10 Å². The molecule has 0 saturated carbocycles. The van der Waals surface area contributed by atoms with Crippen LogP contribution in [0.3, 0.4) is 0 Å². The Morgan fingerprint density at radius 3 is 2.73 bits per heavy atom. The first kappa shape index (κ1) is 9.20. The predicted octanol–water partition coefficient (Wildman–Crippen LogP) is 0.863. The lowest BCUT2D eigenvalue weighted by Gasteiger charge is -1.94. The minimum Gasteiger partial charge on any atom is -0.476 e. The molecule has 2 aromatic rings. The van der Waals surface area contributed by atoms with Crippen LogP contribution in [0.25, 0.3) is 0 Å². The lowest BCUT2D eigenvalue weighted by Crippen LogP contribution is -2.12. The van der Waals surface area contributed by atoms with Gasteiger partial charge in [-0.1, -0.05) is 0 Å². The molecule has 76 valence electrons. The number of carbonyl (C=O) groups is 2. The summed E-state index contributed by atoms with van der Waals surface area (Å²) in [7, 11) is 0. The van der Waals surface area contributed by atoms with Crippen LogP contribution in [0.5, 0.6) is 0 Å². The summed E-state index contributed by atoms with van der Waals surface area (Å²) in [5.74, 6) is -1.58. The zero-order valence-electron chi connectivity index (χ0n) is 7.45. The van der Waals surface area contributed by atoms with Crippen molar-refractivity contribution < 1.29 is 19.1 Å². The monoisotopic (exact) mass is 206 g/mol. The van der Waals surface area contributed by atoms with Gasteiger partial charge in [0.25, 0.3) is 0 Å². The molecule has 0 amide bonds. The fourth-order valence-corrected chi connectivity index (χ4v) is 1.06. The Morgan fingerprint density at radius 1 is 1.40 bits per heavy atom. The second-order valence-electron chi connectivity index (χ2n) is 2.73. The molecule has 2 rings (SSSR count). The van der Waals surface area contributed by atoms with E-state index in [9.17, 15) is 9.59 Å². The predicted molar refractivity (Wildman–Crippen MR) is 47.6 cm³/mol. The topological polar surface area (TPSA) is 85.3 Å². The van der Waals surface area contributed by atoms with Gasteiger partial charge in [0.05, 0.1) is 6.26 Å². The number of rotatable bonds is 2. The summed E-state index contributed by atoms with van der Waals surface area (Å²) in [6.45, 7) is 0. The van der Waals surface area contributed by atoms with Gasteiger partial charge in [0.1, 0.15) is 0 Å². The van der Waals surface area contributed by atoms with Crippen LogP contribution in [0.15, 0.2) is 35.1 Å². The van der Waals surface area contributed by atoms with E-state index < -0.39 is 11.9 Å². The van der Waals surface area contributed by atoms with Crippen molar-refractivity contribution in [2.75, 3.05) is 0 Å². The Bertz CT molecular complexity index is 498. The van der Waals surface area contributed by atoms with Crippen LogP contribution in [-0.2, 0) is 0 Å². The van der Waals surface area contributed by atoms with Crippen LogP contribution < -0.4 is 0 Å². The van der Waals surface area contributed by atoms with E-state index >= 15 is 0 Å². The van der Waals surface area contributed by atoms with Crippen molar-refractivity contribution >= 4 is 11.9 Å². The number of hydrogen-bond donors (Lipinski definition) is 1. The van der Waals surface area contributed by atoms with Gasteiger partial charge in [-0.2, -0.15) is 5.10 Å². The number of hydrogen-bond acceptors (Lipinski definition) is 4. The molecule has 1 N–H and O–H groups in total. The molecule has 0 saturated heterocycles. The summed E-state index contributed by atoms with van der Waals surface area (Å²) in [6, 6.07) is 4.28. The summed E-state index contributed by atoms with van der Waals surface area (Å²) in [5.41, 5.74) is -0.185. The van der Waals surface area contributed by atoms with Crippen LogP contribution in [0.4, 0.5) is 0 Å². The van der Waals surface area contributed by atoms with E-state index in [0.717, 1.165) is 4.68 Å². The highest BCUT2D eigenvalue weighted by molar-refractivity contribution is 5.93. The van der Waals surface area contributed by atoms with Gasteiger partial charge in [0.2, 0.25) is 0 Å². The van der Waals surface area contributed by atoms with E-state index in [1.807, 2.05) is 0 Å². The lowest BCUT2D eigenvalue weighted by molar-refractivity contribution is 0.0689. The van der Waals surface area contributed by atoms with Gasteiger partial charge < -0.3 is 9.52 Å². The van der Waals surface area contributed by atoms with Crippen molar-refractivity contribution in [3.8, 4) is 0 Å². The fourth-order valence-electron chi connectivity index (χ4n) is 1.06. The molecule has 0 fully saturated rings. The molecule has 15 heavy (non-hydrogen) atoms. The van der Waals surface area contributed by atoms with Crippen molar-refractivity contribution in [1.29, 1.82) is 0 Å². The molecular formula is C9H6N2O4. The lowest BCUT2D eigenvalue weighted by atomic mass is 10.4. The highest BCUT2D eigenvalue weighted by Crippen LogP contribution is 2.04. The molecule has 2 aromatic heterocycles. The first-order valence-electron chi connectivity index (χ1n) is 4.05. The Labute approximate surface area is 83.7 Å². The molecule has 0 spiro atoms. The van der Waals surface area contributed by atoms with Gasteiger partial charge in [-0.25, -0.2) is 9.48 Å². The van der Waals surface area contributed by atoms with Gasteiger partial charge in [-0.3, -0.25) is 4.79 Å². The number of carboxylic acid groups (broad SMARTS) is 1. The Hall–Kier alpha value is -2.37. The second-order valence-corrected chi connectivity index (χ2v) is 2.73. The van der Waals surface area contributed by atoms with Crippen molar-refractivity contribution in [3.05, 3.63) is 42.1 Å². The highest BCUT2D eigenvalue weighted by Gasteiger charge is 2.14. The highest BCUT2D eigenvalue weighted by atomic mass is 16.4. The number of furan rings is 1. The normalized spacial score (nSPS) is 10.1. The Morgan fingerprint density at radius 2 is 2.20 bits per heavy atom. The second kappa shape index (κ2) is 3.41. The minimum absolute atomic E-state index is 0.107. The summed E-state index contributed by atoms with van der Waals surface area (Å²) >= 11 is 0. The number of aromatic nitrogens is 2. The van der Waals surface area contributed by atoms with E-state index in [1.54, 1.807) is 6.07 Å². The molecule has 0 bridgehead atoms. The minimum atomic E-state index is -1.18. The number of carbonyl (C=O) groups excluding carboxylic acids is 1. The maximum atomic E-state index is 11.6. The summed E-state index contributed by atoms with van der Waals surface area (Å²) in [5, 5.41) is 12.2. The molecule has 0 radical (unpaired) electrons. The zero-order valence-corrected chi connectivity index (χ0v) is 7.45. The van der Waals surface area contributed by atoms with Gasteiger partial charge >= 0.3 is 11.9 Å². The summed E-state index contributed by atoms with van der Waals surface area (Å²) in [4.78, 5) is 22.1. The third-order valence-electron chi connectivity index (χ3n) is 1.75. The zero-order chi connectivity index (χ0) is 10.8. The van der Waals surface area contributed by atoms with Crippen molar-refractivity contribution in [2.24, 2.45) is 0 Å². The summed E-state index contributed by atoms with van der Waals surface area (Å²) in [6.07, 6.45) is 2.63. The van der Waals surface area contributed by atoms with E-state index in [1.165, 1.54) is 24.6 Å². The van der Waals surface area contributed by atoms with Gasteiger partial charge in [0.15, 0.2) is 11.5 Å². The Balaban J connectivity index is 2.31. The van der Waals surface area contributed by atoms with E-state index in [4.69, 9.17) is 9.52 Å². The van der Waals surface area contributed by atoms with Crippen LogP contribution >= 0.6 is 0 Å². The first-order chi connectivity index (χ1) is 7.18. The average molecular weight is 206 g/mol. The largest absolute Gasteiger partial charge is 0.476 e. The molecule has 0 aromatic carbocycles. The smallest absolute Gasteiger partial charge is 0.356 e. The van der Waals surface area contributed by atoms with Crippen LogP contribution in [-0.4, -0.2) is 26.8 Å². The van der Waals surface area contributed by atoms with Crippen LogP contribution in [0.1, 0.15) is 21.0 Å². The molecule has 6 nitrogen and oxygen atoms in total. The molecular weight excluding hydrogens is 200 g/mol. The summed E-state index contributed by atoms with van der Waals surface area (Å²) < 4.78 is 5.78. The van der Waals surface area contributed by atoms with Crippen molar-refractivity contribution in [2.45, 2.75) is 0 Å². The van der Waals surface area contributed by atoms with Crippen molar-refractivity contribution in [1.82, 2.24) is 9.78 Å². The molecule has 2 heterocycles. The molecule has 0 aliphatic rings. The first-order valence-corrected chi connectivity index (χ1v) is 4.05. The maximum Gasteiger partial charge on any atom is 0.356 e. The Kier molecular flexibility index (Phi) is 2.09. The SMILES string of the molecule is O=C(O)c1ccn(C(=O)c2ccco2)n1. The third-order valence-corrected chi connectivity index (χ3v) is 1.75. The van der Waals surface area contributed by atoms with Crippen molar-refractivity contribution in [3.63, 3.8) is 0 Å². The van der Waals surface area contributed by atoms with Crippen LogP contribution in [0, 0.1) is 0 Å². The van der Waals surface area contributed by atoms with Gasteiger partial charge in [0, 0.05) is 6.20 Å². The molecule has 0 aliphatic carbocycles. The number of aromatic carboxylic acids is 1. The van der Waals surface area contributed by atoms with E-state index in [-0.39, 0.29) is 11.5 Å². The number of nitrogens with zero attached hydrogens (tertiary/aromatic N) is 2. The van der Waals surface area contributed by atoms with Crippen LogP contribution in [0.2, 0.25) is 0 Å². The van der Waals surface area contributed by atoms with Gasteiger partial charge in [-0.05, 0) is 18.2 Å². The molecule has 0 aliphatic heterocycles. The fraction of sp³-hybridized carbons (Fsp3) is 0. The quantitative estimate of drug-likeness (QED) is 0.787.